The number of furan rings is 1. The van der Waals surface area contributed by atoms with E-state index in [1.807, 2.05) is 12.1 Å². The normalized spacial score (nSPS) is 16.2. The summed E-state index contributed by atoms with van der Waals surface area (Å²) in [6.07, 6.45) is -0.756. The molecule has 3 N–H and O–H groups in total. The Kier molecular flexibility index (Phi) is 4.89. The summed E-state index contributed by atoms with van der Waals surface area (Å²) in [5.74, 6) is 0.396. The molecular formula is C19H17ClN4O4. The first-order chi connectivity index (χ1) is 13.5. The number of rotatable bonds is 4. The first-order valence-corrected chi connectivity index (χ1v) is 9.04. The molecule has 4 rings (SSSR count). The van der Waals surface area contributed by atoms with Gasteiger partial charge in [0, 0.05) is 23.2 Å². The Morgan fingerprint density at radius 3 is 3.04 bits per heavy atom. The maximum atomic E-state index is 12.4. The Hall–Kier alpha value is -3.10. The van der Waals surface area contributed by atoms with Gasteiger partial charge in [-0.2, -0.15) is 5.10 Å². The van der Waals surface area contributed by atoms with Gasteiger partial charge >= 0.3 is 0 Å². The number of aliphatic hydroxyl groups is 1. The predicted octanol–water partition coefficient (Wildman–Crippen LogP) is 1.83. The van der Waals surface area contributed by atoms with Gasteiger partial charge < -0.3 is 20.2 Å². The van der Waals surface area contributed by atoms with Crippen molar-refractivity contribution in [3.63, 3.8) is 0 Å². The third-order valence-corrected chi connectivity index (χ3v) is 4.56. The van der Waals surface area contributed by atoms with Crippen LogP contribution in [0.15, 0.2) is 46.9 Å². The molecule has 1 aromatic carbocycles. The zero-order valence-corrected chi connectivity index (χ0v) is 15.4. The van der Waals surface area contributed by atoms with Gasteiger partial charge in [-0.1, -0.05) is 23.7 Å². The van der Waals surface area contributed by atoms with E-state index in [-0.39, 0.29) is 36.9 Å². The number of carbonyl (C=O) groups excluding carboxylic acids is 2. The van der Waals surface area contributed by atoms with E-state index < -0.39 is 12.0 Å². The Bertz CT molecular complexity index is 1040. The quantitative estimate of drug-likeness (QED) is 0.619. The van der Waals surface area contributed by atoms with Crippen molar-refractivity contribution in [3.05, 3.63) is 64.6 Å². The highest BCUT2D eigenvalue weighted by atomic mass is 35.5. The van der Waals surface area contributed by atoms with Crippen molar-refractivity contribution in [1.82, 2.24) is 20.4 Å². The molecule has 0 bridgehead atoms. The summed E-state index contributed by atoms with van der Waals surface area (Å²) in [5.41, 5.74) is 1.18. The number of β-amino-alcohol motifs (C(OH)–C–C–N with tert-alkyl or cyclic N) is 1. The molecule has 0 fully saturated rings. The summed E-state index contributed by atoms with van der Waals surface area (Å²) in [7, 11) is 0. The van der Waals surface area contributed by atoms with Gasteiger partial charge in [0.2, 0.25) is 0 Å². The second-order valence-electron chi connectivity index (χ2n) is 6.42. The molecule has 1 aliphatic rings. The van der Waals surface area contributed by atoms with Crippen LogP contribution in [0.3, 0.4) is 0 Å². The average Bonchev–Trinajstić information content (AvgIpc) is 3.29. The number of aromatic nitrogens is 2. The molecule has 2 amide bonds. The van der Waals surface area contributed by atoms with Gasteiger partial charge in [0.25, 0.3) is 11.8 Å². The first kappa shape index (κ1) is 18.3. The molecule has 0 aliphatic carbocycles. The van der Waals surface area contributed by atoms with Crippen molar-refractivity contribution in [3.8, 4) is 11.3 Å². The maximum absolute atomic E-state index is 12.4. The molecule has 1 atom stereocenters. The Labute approximate surface area is 165 Å². The molecule has 8 nitrogen and oxygen atoms in total. The van der Waals surface area contributed by atoms with Crippen LogP contribution in [-0.4, -0.2) is 39.4 Å². The molecule has 0 saturated heterocycles. The maximum Gasteiger partial charge on any atom is 0.272 e. The van der Waals surface area contributed by atoms with Crippen LogP contribution in [0.25, 0.3) is 11.3 Å². The molecule has 3 heterocycles. The lowest BCUT2D eigenvalue weighted by Crippen LogP contribution is -2.30. The second-order valence-corrected chi connectivity index (χ2v) is 6.86. The van der Waals surface area contributed by atoms with Crippen molar-refractivity contribution >= 4 is 23.4 Å². The highest BCUT2D eigenvalue weighted by Crippen LogP contribution is 2.24. The summed E-state index contributed by atoms with van der Waals surface area (Å²) >= 11 is 5.99. The van der Waals surface area contributed by atoms with Crippen molar-refractivity contribution < 1.29 is 19.1 Å². The predicted molar refractivity (Wildman–Crippen MR) is 101 cm³/mol. The van der Waals surface area contributed by atoms with Crippen molar-refractivity contribution in [1.29, 1.82) is 0 Å². The van der Waals surface area contributed by atoms with Gasteiger partial charge in [0.1, 0.15) is 17.2 Å². The van der Waals surface area contributed by atoms with Crippen LogP contribution in [0.5, 0.6) is 0 Å². The smallest absolute Gasteiger partial charge is 0.272 e. The van der Waals surface area contributed by atoms with Crippen molar-refractivity contribution in [2.24, 2.45) is 0 Å². The molecule has 9 heteroatoms. The van der Waals surface area contributed by atoms with E-state index in [0.29, 0.717) is 16.5 Å². The highest BCUT2D eigenvalue weighted by Gasteiger charge is 2.24. The lowest BCUT2D eigenvalue weighted by atomic mass is 10.2. The highest BCUT2D eigenvalue weighted by molar-refractivity contribution is 6.30. The lowest BCUT2D eigenvalue weighted by molar-refractivity contribution is 0.0931. The number of nitrogens with one attached hydrogen (secondary N) is 2. The molecule has 0 unspecified atom stereocenters. The number of nitrogens with zero attached hydrogens (tertiary/aromatic N) is 2. The number of hydrogen-bond donors (Lipinski definition) is 3. The van der Waals surface area contributed by atoms with Crippen LogP contribution in [0.2, 0.25) is 5.02 Å². The zero-order chi connectivity index (χ0) is 19.7. The first-order valence-electron chi connectivity index (χ1n) is 8.66. The lowest BCUT2D eigenvalue weighted by Gasteiger charge is -2.06. The fourth-order valence-electron chi connectivity index (χ4n) is 2.94. The molecule has 28 heavy (non-hydrogen) atoms. The third kappa shape index (κ3) is 3.78. The molecule has 2 aromatic heterocycles. The van der Waals surface area contributed by atoms with Crippen LogP contribution >= 0.6 is 11.6 Å². The fourth-order valence-corrected chi connectivity index (χ4v) is 3.13. The zero-order valence-electron chi connectivity index (χ0n) is 14.7. The number of benzene rings is 1. The number of amides is 2. The Balaban J connectivity index is 1.43. The summed E-state index contributed by atoms with van der Waals surface area (Å²) in [5, 5.41) is 19.8. The van der Waals surface area contributed by atoms with Crippen molar-refractivity contribution in [2.45, 2.75) is 19.2 Å². The van der Waals surface area contributed by atoms with Crippen LogP contribution in [0.1, 0.15) is 26.7 Å². The minimum absolute atomic E-state index is 0.0980. The van der Waals surface area contributed by atoms with Gasteiger partial charge in [-0.25, -0.2) is 0 Å². The van der Waals surface area contributed by atoms with E-state index in [1.165, 1.54) is 10.7 Å². The van der Waals surface area contributed by atoms with Gasteiger partial charge in [-0.05, 0) is 24.3 Å². The van der Waals surface area contributed by atoms with E-state index in [1.54, 1.807) is 24.3 Å². The molecule has 0 spiro atoms. The number of fused-ring (bicyclic) bond motifs is 1. The molecule has 1 aliphatic heterocycles. The minimum atomic E-state index is -0.756. The van der Waals surface area contributed by atoms with E-state index in [9.17, 15) is 14.7 Å². The number of halogens is 1. The standard InChI is InChI=1S/C19H17ClN4O4/c20-12-3-1-2-11(6-12)17-5-4-14(28-17)9-22-18(26)15-7-16-19(27)21-8-13(25)10-24(16)23-15/h1-7,13,25H,8-10H2,(H,21,27)(H,22,26)/t13-/m0/s1. The van der Waals surface area contributed by atoms with Gasteiger partial charge in [0.05, 0.1) is 19.2 Å². The number of carbonyl (C=O) groups is 2. The summed E-state index contributed by atoms with van der Waals surface area (Å²) in [4.78, 5) is 24.4. The molecule has 0 saturated carbocycles. The van der Waals surface area contributed by atoms with E-state index in [2.05, 4.69) is 15.7 Å². The largest absolute Gasteiger partial charge is 0.459 e. The van der Waals surface area contributed by atoms with Crippen LogP contribution in [0.4, 0.5) is 0 Å². The summed E-state index contributed by atoms with van der Waals surface area (Å²) in [6.45, 7) is 0.454. The molecule has 3 aromatic rings. The number of aliphatic hydroxyl groups excluding tert-OH is 1. The molecular weight excluding hydrogens is 384 g/mol. The van der Waals surface area contributed by atoms with E-state index in [0.717, 1.165) is 5.56 Å². The van der Waals surface area contributed by atoms with Gasteiger partial charge in [-0.3, -0.25) is 14.3 Å². The average molecular weight is 401 g/mol. The second kappa shape index (κ2) is 7.49. The Morgan fingerprint density at radius 1 is 1.36 bits per heavy atom. The van der Waals surface area contributed by atoms with Crippen molar-refractivity contribution in [2.75, 3.05) is 6.54 Å². The molecule has 0 radical (unpaired) electrons. The molecule has 144 valence electrons. The van der Waals surface area contributed by atoms with E-state index in [4.69, 9.17) is 16.0 Å². The Morgan fingerprint density at radius 2 is 2.21 bits per heavy atom. The summed E-state index contributed by atoms with van der Waals surface area (Å²) in [6, 6.07) is 12.3. The van der Waals surface area contributed by atoms with E-state index >= 15 is 0 Å². The topological polar surface area (TPSA) is 109 Å². The minimum Gasteiger partial charge on any atom is -0.459 e. The third-order valence-electron chi connectivity index (χ3n) is 4.32. The van der Waals surface area contributed by atoms with Crippen LogP contribution < -0.4 is 10.6 Å². The van der Waals surface area contributed by atoms with Crippen LogP contribution in [-0.2, 0) is 13.1 Å². The SMILES string of the molecule is O=C(NCc1ccc(-c2cccc(Cl)c2)o1)c1cc2n(n1)C[C@@H](O)CNC2=O. The summed E-state index contributed by atoms with van der Waals surface area (Å²) < 4.78 is 7.08. The fraction of sp³-hybridized carbons (Fsp3) is 0.211. The number of hydrogen-bond acceptors (Lipinski definition) is 5. The van der Waals surface area contributed by atoms with Crippen LogP contribution in [0, 0.1) is 0 Å². The van der Waals surface area contributed by atoms with Gasteiger partial charge in [-0.15, -0.1) is 0 Å². The van der Waals surface area contributed by atoms with Gasteiger partial charge in [0.15, 0.2) is 5.69 Å². The monoisotopic (exact) mass is 400 g/mol.